The molecule has 3 aliphatic heterocycles. The standard InChI is InChI=1S/C23H39N3O4/c1-22(2,3)30-21(28)24-14-11-23(4,16-24)25-12-9-17(10-13-25)26-18-7-5-6-8-19(18)29-15-20(26)27/h17-19H,5-16H2,1-4H3/t18-,19-,23?/m0/s1. The molecule has 2 amide bonds. The van der Waals surface area contributed by atoms with Gasteiger partial charge in [-0.25, -0.2) is 4.79 Å². The molecular formula is C23H39N3O4. The summed E-state index contributed by atoms with van der Waals surface area (Å²) in [4.78, 5) is 31.8. The van der Waals surface area contributed by atoms with E-state index in [1.807, 2.05) is 25.7 Å². The highest BCUT2D eigenvalue weighted by molar-refractivity contribution is 5.79. The van der Waals surface area contributed by atoms with Gasteiger partial charge in [-0.05, 0) is 59.8 Å². The SMILES string of the molecule is CC(C)(C)OC(=O)N1CCC(C)(N2CCC(N3C(=O)CO[C@H]4CCCC[C@@H]43)CC2)C1. The van der Waals surface area contributed by atoms with Crippen LogP contribution in [0.25, 0.3) is 0 Å². The molecule has 0 aromatic heterocycles. The number of fused-ring (bicyclic) bond motifs is 1. The van der Waals surface area contributed by atoms with Crippen LogP contribution in [0.4, 0.5) is 4.79 Å². The first-order valence-corrected chi connectivity index (χ1v) is 11.8. The highest BCUT2D eigenvalue weighted by Gasteiger charge is 2.46. The van der Waals surface area contributed by atoms with E-state index < -0.39 is 5.60 Å². The van der Waals surface area contributed by atoms with Gasteiger partial charge in [0.05, 0.1) is 12.1 Å². The number of hydrogen-bond donors (Lipinski definition) is 0. The zero-order valence-electron chi connectivity index (χ0n) is 19.2. The molecule has 3 heterocycles. The van der Waals surface area contributed by atoms with Crippen molar-refractivity contribution in [2.24, 2.45) is 0 Å². The highest BCUT2D eigenvalue weighted by atomic mass is 16.6. The van der Waals surface area contributed by atoms with E-state index in [0.29, 0.717) is 12.6 Å². The fourth-order valence-electron chi connectivity index (χ4n) is 5.87. The minimum atomic E-state index is -0.462. The predicted molar refractivity (Wildman–Crippen MR) is 114 cm³/mol. The fourth-order valence-corrected chi connectivity index (χ4v) is 5.87. The van der Waals surface area contributed by atoms with Crippen LogP contribution in [0.3, 0.4) is 0 Å². The summed E-state index contributed by atoms with van der Waals surface area (Å²) in [5.74, 6) is 0.180. The van der Waals surface area contributed by atoms with Gasteiger partial charge in [0.25, 0.3) is 0 Å². The predicted octanol–water partition coefficient (Wildman–Crippen LogP) is 3.02. The Morgan fingerprint density at radius 3 is 2.50 bits per heavy atom. The van der Waals surface area contributed by atoms with Crippen molar-refractivity contribution in [2.75, 3.05) is 32.8 Å². The van der Waals surface area contributed by atoms with E-state index in [1.54, 1.807) is 0 Å². The number of nitrogens with zero attached hydrogens (tertiary/aromatic N) is 3. The number of piperidine rings is 1. The Morgan fingerprint density at radius 2 is 1.80 bits per heavy atom. The van der Waals surface area contributed by atoms with Gasteiger partial charge in [-0.2, -0.15) is 0 Å². The molecule has 1 saturated carbocycles. The van der Waals surface area contributed by atoms with E-state index in [9.17, 15) is 9.59 Å². The van der Waals surface area contributed by atoms with Crippen molar-refractivity contribution in [1.82, 2.24) is 14.7 Å². The number of carbonyl (C=O) groups is 2. The monoisotopic (exact) mass is 421 g/mol. The van der Waals surface area contributed by atoms with E-state index in [2.05, 4.69) is 16.7 Å². The van der Waals surface area contributed by atoms with E-state index in [-0.39, 0.29) is 36.3 Å². The molecule has 4 rings (SSSR count). The molecule has 30 heavy (non-hydrogen) atoms. The van der Waals surface area contributed by atoms with Crippen LogP contribution in [0.15, 0.2) is 0 Å². The number of ether oxygens (including phenoxy) is 2. The van der Waals surface area contributed by atoms with Crippen molar-refractivity contribution in [2.45, 2.75) is 102 Å². The van der Waals surface area contributed by atoms with Crippen LogP contribution < -0.4 is 0 Å². The first-order chi connectivity index (χ1) is 14.2. The molecule has 4 aliphatic rings. The minimum absolute atomic E-state index is 0.00966. The Labute approximate surface area is 181 Å². The summed E-state index contributed by atoms with van der Waals surface area (Å²) in [6.07, 6.45) is 7.62. The zero-order valence-corrected chi connectivity index (χ0v) is 19.2. The Morgan fingerprint density at radius 1 is 1.10 bits per heavy atom. The lowest BCUT2D eigenvalue weighted by Crippen LogP contribution is -2.62. The molecule has 7 heteroatoms. The smallest absolute Gasteiger partial charge is 0.410 e. The molecule has 0 bridgehead atoms. The number of carbonyl (C=O) groups excluding carboxylic acids is 2. The summed E-state index contributed by atoms with van der Waals surface area (Å²) in [5, 5.41) is 0. The summed E-state index contributed by atoms with van der Waals surface area (Å²) in [6, 6.07) is 0.608. The van der Waals surface area contributed by atoms with Crippen LogP contribution in [0.1, 0.15) is 72.6 Å². The van der Waals surface area contributed by atoms with Crippen LogP contribution in [-0.4, -0.2) is 88.8 Å². The van der Waals surface area contributed by atoms with Crippen molar-refractivity contribution in [3.05, 3.63) is 0 Å². The zero-order chi connectivity index (χ0) is 21.5. The Bertz CT molecular complexity index is 655. The van der Waals surface area contributed by atoms with Crippen LogP contribution in [0.2, 0.25) is 0 Å². The fraction of sp³-hybridized carbons (Fsp3) is 0.913. The average molecular weight is 422 g/mol. The summed E-state index contributed by atoms with van der Waals surface area (Å²) < 4.78 is 11.4. The largest absolute Gasteiger partial charge is 0.444 e. The molecule has 1 aliphatic carbocycles. The van der Waals surface area contributed by atoms with Gasteiger partial charge >= 0.3 is 6.09 Å². The van der Waals surface area contributed by atoms with Gasteiger partial charge in [0.1, 0.15) is 12.2 Å². The minimum Gasteiger partial charge on any atom is -0.444 e. The second-order valence-corrected chi connectivity index (χ2v) is 10.9. The normalized spacial score (nSPS) is 34.2. The van der Waals surface area contributed by atoms with Gasteiger partial charge < -0.3 is 19.3 Å². The first kappa shape index (κ1) is 21.9. The lowest BCUT2D eigenvalue weighted by Gasteiger charge is -2.50. The van der Waals surface area contributed by atoms with Gasteiger partial charge in [-0.15, -0.1) is 0 Å². The molecule has 7 nitrogen and oxygen atoms in total. The van der Waals surface area contributed by atoms with Gasteiger partial charge in [-0.3, -0.25) is 9.69 Å². The van der Waals surface area contributed by atoms with Crippen LogP contribution in [-0.2, 0) is 14.3 Å². The highest BCUT2D eigenvalue weighted by Crippen LogP contribution is 2.35. The van der Waals surface area contributed by atoms with Crippen molar-refractivity contribution in [1.29, 1.82) is 0 Å². The molecule has 0 N–H and O–H groups in total. The summed E-state index contributed by atoms with van der Waals surface area (Å²) in [6.45, 7) is 11.7. The van der Waals surface area contributed by atoms with E-state index in [4.69, 9.17) is 9.47 Å². The van der Waals surface area contributed by atoms with Crippen LogP contribution in [0, 0.1) is 0 Å². The molecule has 0 aromatic carbocycles. The Hall–Kier alpha value is -1.34. The number of rotatable bonds is 2. The van der Waals surface area contributed by atoms with Crippen LogP contribution >= 0.6 is 0 Å². The van der Waals surface area contributed by atoms with Crippen molar-refractivity contribution in [3.63, 3.8) is 0 Å². The molecule has 0 radical (unpaired) electrons. The number of morpholine rings is 1. The molecule has 1 unspecified atom stereocenters. The Kier molecular flexibility index (Phi) is 6.05. The topological polar surface area (TPSA) is 62.3 Å². The lowest BCUT2D eigenvalue weighted by molar-refractivity contribution is -0.167. The quantitative estimate of drug-likeness (QED) is 0.686. The van der Waals surface area contributed by atoms with Crippen molar-refractivity contribution >= 4 is 12.0 Å². The summed E-state index contributed by atoms with van der Waals surface area (Å²) in [5.41, 5.74) is -0.472. The second kappa shape index (κ2) is 8.30. The van der Waals surface area contributed by atoms with E-state index in [0.717, 1.165) is 51.7 Å². The molecule has 3 atom stereocenters. The number of likely N-dealkylation sites (tertiary alicyclic amines) is 2. The molecule has 0 spiro atoms. The molecular weight excluding hydrogens is 382 g/mol. The third-order valence-electron chi connectivity index (χ3n) is 7.46. The summed E-state index contributed by atoms with van der Waals surface area (Å²) in [7, 11) is 0. The second-order valence-electron chi connectivity index (χ2n) is 10.9. The van der Waals surface area contributed by atoms with Crippen LogP contribution in [0.5, 0.6) is 0 Å². The molecule has 170 valence electrons. The van der Waals surface area contributed by atoms with Gasteiger partial charge in [0.2, 0.25) is 5.91 Å². The van der Waals surface area contributed by atoms with Crippen molar-refractivity contribution in [3.8, 4) is 0 Å². The molecule has 4 fully saturated rings. The summed E-state index contributed by atoms with van der Waals surface area (Å²) >= 11 is 0. The van der Waals surface area contributed by atoms with Gasteiger partial charge in [0, 0.05) is 37.8 Å². The van der Waals surface area contributed by atoms with Gasteiger partial charge in [-0.1, -0.05) is 12.8 Å². The maximum Gasteiger partial charge on any atom is 0.410 e. The number of amides is 2. The van der Waals surface area contributed by atoms with Crippen molar-refractivity contribution < 1.29 is 19.1 Å². The van der Waals surface area contributed by atoms with Gasteiger partial charge in [0.15, 0.2) is 0 Å². The third kappa shape index (κ3) is 4.47. The van der Waals surface area contributed by atoms with E-state index in [1.165, 1.54) is 12.8 Å². The molecule has 0 aromatic rings. The van der Waals surface area contributed by atoms with E-state index >= 15 is 0 Å². The third-order valence-corrected chi connectivity index (χ3v) is 7.46. The molecule has 3 saturated heterocycles. The Balaban J connectivity index is 1.34. The number of hydrogen-bond acceptors (Lipinski definition) is 5. The maximum absolute atomic E-state index is 12.7. The lowest BCUT2D eigenvalue weighted by atomic mass is 9.87. The maximum atomic E-state index is 12.7. The first-order valence-electron chi connectivity index (χ1n) is 11.8. The average Bonchev–Trinajstić information content (AvgIpc) is 3.10.